The number of unbranched alkanes of at least 4 members (excludes halogenated alkanes) is 2. The summed E-state index contributed by atoms with van der Waals surface area (Å²) in [5.41, 5.74) is 2.09. The normalized spacial score (nSPS) is 22.5. The van der Waals surface area contributed by atoms with E-state index >= 15 is 0 Å². The summed E-state index contributed by atoms with van der Waals surface area (Å²) in [6, 6.07) is 16.0. The van der Waals surface area contributed by atoms with Crippen LogP contribution >= 0.6 is 0 Å². The lowest BCUT2D eigenvalue weighted by atomic mass is 10.1. The van der Waals surface area contributed by atoms with Crippen LogP contribution in [0, 0.1) is 0 Å². The molecular formula is C29H43N3O4S. The first kappa shape index (κ1) is 27.9. The third-order valence-electron chi connectivity index (χ3n) is 7.58. The number of anilines is 1. The monoisotopic (exact) mass is 529 g/mol. The Morgan fingerprint density at radius 1 is 1.11 bits per heavy atom. The Kier molecular flexibility index (Phi) is 9.51. The van der Waals surface area contributed by atoms with Gasteiger partial charge in [-0.05, 0) is 51.6 Å². The number of ether oxygens (including phenoxy) is 2. The highest BCUT2D eigenvalue weighted by molar-refractivity contribution is 7.89. The van der Waals surface area contributed by atoms with Crippen LogP contribution in [-0.4, -0.2) is 76.1 Å². The maximum atomic E-state index is 13.9. The second kappa shape index (κ2) is 12.6. The second-order valence-corrected chi connectivity index (χ2v) is 12.5. The molecule has 0 spiro atoms. The van der Waals surface area contributed by atoms with Crippen molar-refractivity contribution in [2.45, 2.75) is 75.6 Å². The Labute approximate surface area is 223 Å². The molecule has 2 aliphatic rings. The Morgan fingerprint density at radius 3 is 2.59 bits per heavy atom. The molecule has 1 fully saturated rings. The van der Waals surface area contributed by atoms with Gasteiger partial charge >= 0.3 is 0 Å². The summed E-state index contributed by atoms with van der Waals surface area (Å²) in [6.07, 6.45) is 4.74. The van der Waals surface area contributed by atoms with Gasteiger partial charge in [0.15, 0.2) is 0 Å². The summed E-state index contributed by atoms with van der Waals surface area (Å²) >= 11 is 0. The van der Waals surface area contributed by atoms with Crippen molar-refractivity contribution in [2.75, 3.05) is 45.2 Å². The number of hydrogen-bond acceptors (Lipinski definition) is 6. The molecule has 0 aromatic heterocycles. The van der Waals surface area contributed by atoms with Crippen LogP contribution < -0.4 is 9.64 Å². The Hall–Kier alpha value is -2.13. The van der Waals surface area contributed by atoms with E-state index in [0.717, 1.165) is 56.4 Å². The van der Waals surface area contributed by atoms with Crippen LogP contribution in [0.1, 0.15) is 51.5 Å². The van der Waals surface area contributed by atoms with Crippen molar-refractivity contribution in [1.82, 2.24) is 9.21 Å². The summed E-state index contributed by atoms with van der Waals surface area (Å²) in [5, 5.41) is 0. The number of fused-ring (bicyclic) bond motifs is 1. The van der Waals surface area contributed by atoms with E-state index in [2.05, 4.69) is 30.8 Å². The van der Waals surface area contributed by atoms with E-state index in [1.165, 1.54) is 0 Å². The molecule has 0 amide bonds. The van der Waals surface area contributed by atoms with E-state index < -0.39 is 16.1 Å². The molecule has 0 N–H and O–H groups in total. The van der Waals surface area contributed by atoms with Crippen molar-refractivity contribution in [3.63, 3.8) is 0 Å². The van der Waals surface area contributed by atoms with Crippen molar-refractivity contribution in [2.24, 2.45) is 0 Å². The molecule has 2 heterocycles. The molecule has 8 heteroatoms. The number of likely N-dealkylation sites (N-methyl/N-ethyl adjacent to an activating group) is 1. The minimum absolute atomic E-state index is 0.109. The molecule has 204 valence electrons. The predicted molar refractivity (Wildman–Crippen MR) is 149 cm³/mol. The molecule has 3 atom stereocenters. The van der Waals surface area contributed by atoms with Gasteiger partial charge in [-0.1, -0.05) is 56.5 Å². The van der Waals surface area contributed by atoms with Crippen molar-refractivity contribution in [1.29, 1.82) is 0 Å². The summed E-state index contributed by atoms with van der Waals surface area (Å²) in [5.74, 6) is 0.433. The first-order valence-electron chi connectivity index (χ1n) is 13.6. The first-order valence-corrected chi connectivity index (χ1v) is 15.1. The van der Waals surface area contributed by atoms with Gasteiger partial charge in [0.05, 0.1) is 19.8 Å². The molecule has 4 rings (SSSR count). The summed E-state index contributed by atoms with van der Waals surface area (Å²) in [6.45, 7) is 7.10. The fraction of sp³-hybridized carbons (Fsp3) is 0.586. The van der Waals surface area contributed by atoms with Gasteiger partial charge in [0.2, 0.25) is 10.0 Å². The maximum Gasteiger partial charge on any atom is 0.247 e. The average Bonchev–Trinajstić information content (AvgIpc) is 3.35. The minimum Gasteiger partial charge on any atom is -0.485 e. The van der Waals surface area contributed by atoms with Crippen molar-refractivity contribution in [3.8, 4) is 5.75 Å². The largest absolute Gasteiger partial charge is 0.485 e. The van der Waals surface area contributed by atoms with Crippen LogP contribution in [0.5, 0.6) is 5.75 Å². The lowest BCUT2D eigenvalue weighted by Crippen LogP contribution is -2.44. The molecule has 0 aliphatic carbocycles. The zero-order valence-electron chi connectivity index (χ0n) is 22.8. The van der Waals surface area contributed by atoms with Gasteiger partial charge in [-0.2, -0.15) is 4.31 Å². The zero-order chi connectivity index (χ0) is 26.4. The number of sulfonamides is 1. The van der Waals surface area contributed by atoms with Crippen LogP contribution in [0.15, 0.2) is 53.4 Å². The average molecular weight is 530 g/mol. The molecular weight excluding hydrogens is 486 g/mol. The Balaban J connectivity index is 1.58. The van der Waals surface area contributed by atoms with Crippen LogP contribution in [-0.2, 0) is 21.4 Å². The van der Waals surface area contributed by atoms with Gasteiger partial charge in [0.1, 0.15) is 16.7 Å². The van der Waals surface area contributed by atoms with E-state index in [1.807, 2.05) is 49.4 Å². The first-order chi connectivity index (χ1) is 17.8. The maximum absolute atomic E-state index is 13.9. The summed E-state index contributed by atoms with van der Waals surface area (Å²) in [7, 11) is 0.512. The van der Waals surface area contributed by atoms with E-state index in [1.54, 1.807) is 10.4 Å². The van der Waals surface area contributed by atoms with Gasteiger partial charge in [0.25, 0.3) is 0 Å². The van der Waals surface area contributed by atoms with Gasteiger partial charge in [-0.15, -0.1) is 0 Å². The van der Waals surface area contributed by atoms with Crippen LogP contribution in [0.2, 0.25) is 0 Å². The highest BCUT2D eigenvalue weighted by atomic mass is 32.2. The quantitative estimate of drug-likeness (QED) is 0.391. The van der Waals surface area contributed by atoms with E-state index in [-0.39, 0.29) is 17.5 Å². The Bertz CT molecular complexity index is 1110. The smallest absolute Gasteiger partial charge is 0.247 e. The van der Waals surface area contributed by atoms with Crippen molar-refractivity contribution >= 4 is 15.7 Å². The van der Waals surface area contributed by atoms with E-state index in [0.29, 0.717) is 25.0 Å². The second-order valence-electron chi connectivity index (χ2n) is 10.6. The number of benzene rings is 2. The SMILES string of the molecule is CCCCC[C@@H](C)N1C[C@H](COCc2ccccc2)Oc2cc(N3CC[C@H](N(C)C)C3)ccc2S1(=O)=O. The lowest BCUT2D eigenvalue weighted by Gasteiger charge is -2.28. The summed E-state index contributed by atoms with van der Waals surface area (Å²) in [4.78, 5) is 4.83. The van der Waals surface area contributed by atoms with Crippen molar-refractivity contribution in [3.05, 3.63) is 54.1 Å². The lowest BCUT2D eigenvalue weighted by molar-refractivity contribution is 0.0310. The molecule has 2 aliphatic heterocycles. The van der Waals surface area contributed by atoms with Crippen LogP contribution in [0.25, 0.3) is 0 Å². The predicted octanol–water partition coefficient (Wildman–Crippen LogP) is 4.76. The topological polar surface area (TPSA) is 62.3 Å². The van der Waals surface area contributed by atoms with Crippen molar-refractivity contribution < 1.29 is 17.9 Å². The van der Waals surface area contributed by atoms with E-state index in [9.17, 15) is 8.42 Å². The van der Waals surface area contributed by atoms with Gasteiger partial charge in [-0.25, -0.2) is 8.42 Å². The molecule has 0 bridgehead atoms. The third kappa shape index (κ3) is 6.85. The molecule has 37 heavy (non-hydrogen) atoms. The fourth-order valence-corrected chi connectivity index (χ4v) is 7.05. The number of nitrogens with zero attached hydrogens (tertiary/aromatic N) is 3. The third-order valence-corrected chi connectivity index (χ3v) is 9.60. The van der Waals surface area contributed by atoms with E-state index in [4.69, 9.17) is 9.47 Å². The number of rotatable bonds is 11. The van der Waals surface area contributed by atoms with Crippen LogP contribution in [0.4, 0.5) is 5.69 Å². The fourth-order valence-electron chi connectivity index (χ4n) is 5.26. The van der Waals surface area contributed by atoms with Gasteiger partial charge < -0.3 is 19.3 Å². The highest BCUT2D eigenvalue weighted by Crippen LogP contribution is 2.37. The Morgan fingerprint density at radius 2 is 1.89 bits per heavy atom. The standard InChI is InChI=1S/C29H43N3O4S/c1-5-6-8-11-23(2)32-20-27(22-35-21-24-12-9-7-10-13-24)36-28-18-25(14-15-29(28)37(32,33)34)31-17-16-26(19-31)30(3)4/h7,9-10,12-15,18,23,26-27H,5-6,8,11,16-17,19-22H2,1-4H3/t23-,26+,27-/m1/s1. The van der Waals surface area contributed by atoms with Gasteiger partial charge in [-0.3, -0.25) is 0 Å². The molecule has 1 saturated heterocycles. The molecule has 0 saturated carbocycles. The molecule has 7 nitrogen and oxygen atoms in total. The number of hydrogen-bond donors (Lipinski definition) is 0. The summed E-state index contributed by atoms with van der Waals surface area (Å²) < 4.78 is 41.9. The molecule has 2 aromatic rings. The van der Waals surface area contributed by atoms with Gasteiger partial charge in [0, 0.05) is 36.9 Å². The molecule has 2 aromatic carbocycles. The van der Waals surface area contributed by atoms with Crippen LogP contribution in [0.3, 0.4) is 0 Å². The molecule has 0 unspecified atom stereocenters. The zero-order valence-corrected chi connectivity index (χ0v) is 23.6. The minimum atomic E-state index is -3.70. The highest BCUT2D eigenvalue weighted by Gasteiger charge is 2.38. The molecule has 0 radical (unpaired) electrons.